The number of aryl methyl sites for hydroxylation is 1. The van der Waals surface area contributed by atoms with Gasteiger partial charge in [-0.1, -0.05) is 45.0 Å². The fourth-order valence-corrected chi connectivity index (χ4v) is 7.70. The van der Waals surface area contributed by atoms with Crippen molar-refractivity contribution >= 4 is 21.8 Å². The molecular formula is C36H50F2N4O6S. The van der Waals surface area contributed by atoms with Crippen molar-refractivity contribution < 1.29 is 37.0 Å². The SMILES string of the molecule is CCCN(CCC)C(=O)C1=CC(S(=O)(=O)N[C@@H](C)CO)=CC(C(N)=O)([C@H](Cc2cc(F)cc(F)c2)[C@@H](O)CNCc2cccc(CC)c2)C1. The number of primary amides is 1. The fourth-order valence-electron chi connectivity index (χ4n) is 6.29. The highest BCUT2D eigenvalue weighted by Gasteiger charge is 2.50. The van der Waals surface area contributed by atoms with Crippen molar-refractivity contribution in [2.45, 2.75) is 78.5 Å². The summed E-state index contributed by atoms with van der Waals surface area (Å²) in [5.41, 5.74) is 6.27. The van der Waals surface area contributed by atoms with Gasteiger partial charge in [0.1, 0.15) is 11.6 Å². The first-order valence-electron chi connectivity index (χ1n) is 16.8. The minimum atomic E-state index is -4.44. The van der Waals surface area contributed by atoms with Crippen molar-refractivity contribution in [3.8, 4) is 0 Å². The number of nitrogens with zero attached hydrogens (tertiary/aromatic N) is 1. The number of carbonyl (C=O) groups excluding carboxylic acids is 2. The molecule has 3 rings (SSSR count). The van der Waals surface area contributed by atoms with Crippen LogP contribution in [0.25, 0.3) is 0 Å². The highest BCUT2D eigenvalue weighted by atomic mass is 32.2. The number of aliphatic hydroxyl groups is 2. The van der Waals surface area contributed by atoms with Crippen LogP contribution in [-0.4, -0.2) is 73.7 Å². The zero-order valence-corrected chi connectivity index (χ0v) is 29.5. The summed E-state index contributed by atoms with van der Waals surface area (Å²) >= 11 is 0. The van der Waals surface area contributed by atoms with E-state index in [1.807, 2.05) is 45.0 Å². The summed E-state index contributed by atoms with van der Waals surface area (Å²) in [5.74, 6) is -4.52. The van der Waals surface area contributed by atoms with Gasteiger partial charge in [-0.05, 0) is 80.0 Å². The average Bonchev–Trinajstić information content (AvgIpc) is 3.05. The van der Waals surface area contributed by atoms with E-state index in [9.17, 15) is 37.0 Å². The summed E-state index contributed by atoms with van der Waals surface area (Å²) in [6.07, 6.45) is 2.34. The van der Waals surface area contributed by atoms with E-state index in [0.717, 1.165) is 35.8 Å². The molecule has 0 radical (unpaired) electrons. The largest absolute Gasteiger partial charge is 0.395 e. The van der Waals surface area contributed by atoms with Gasteiger partial charge in [-0.3, -0.25) is 9.59 Å². The molecule has 0 fully saturated rings. The second-order valence-corrected chi connectivity index (χ2v) is 14.5. The maximum absolute atomic E-state index is 14.4. The lowest BCUT2D eigenvalue weighted by atomic mass is 9.64. The molecule has 10 nitrogen and oxygen atoms in total. The number of rotatable bonds is 19. The van der Waals surface area contributed by atoms with Gasteiger partial charge in [0.15, 0.2) is 0 Å². The smallest absolute Gasteiger partial charge is 0.249 e. The van der Waals surface area contributed by atoms with Gasteiger partial charge in [-0.15, -0.1) is 0 Å². The van der Waals surface area contributed by atoms with Crippen molar-refractivity contribution in [2.24, 2.45) is 17.1 Å². The second kappa shape index (κ2) is 18.0. The number of halogens is 2. The normalized spacial score (nSPS) is 18.3. The molecule has 13 heteroatoms. The van der Waals surface area contributed by atoms with Crippen molar-refractivity contribution in [3.05, 3.63) is 93.4 Å². The predicted octanol–water partition coefficient (Wildman–Crippen LogP) is 3.47. The molecule has 2 aromatic rings. The molecule has 49 heavy (non-hydrogen) atoms. The number of nitrogens with two attached hydrogens (primary N) is 1. The number of allylic oxidation sites excluding steroid dienone is 1. The van der Waals surface area contributed by atoms with Crippen molar-refractivity contribution in [1.82, 2.24) is 14.9 Å². The number of carbonyl (C=O) groups is 2. The number of nitrogens with one attached hydrogen (secondary N) is 2. The fraction of sp³-hybridized carbons (Fsp3) is 0.500. The Morgan fingerprint density at radius 3 is 2.22 bits per heavy atom. The highest BCUT2D eigenvalue weighted by Crippen LogP contribution is 2.45. The van der Waals surface area contributed by atoms with Crippen LogP contribution in [0.3, 0.4) is 0 Å². The summed E-state index contributed by atoms with van der Waals surface area (Å²) in [5, 5.41) is 24.6. The van der Waals surface area contributed by atoms with Crippen LogP contribution in [0.15, 0.2) is 65.1 Å². The van der Waals surface area contributed by atoms with E-state index in [1.54, 1.807) is 4.90 Å². The third kappa shape index (κ3) is 10.5. The maximum Gasteiger partial charge on any atom is 0.249 e. The van der Waals surface area contributed by atoms with Crippen LogP contribution in [0.4, 0.5) is 8.78 Å². The van der Waals surface area contributed by atoms with Gasteiger partial charge in [0.05, 0.1) is 23.0 Å². The van der Waals surface area contributed by atoms with E-state index in [2.05, 4.69) is 10.0 Å². The molecule has 4 atom stereocenters. The Bertz CT molecular complexity index is 1610. The van der Waals surface area contributed by atoms with Crippen LogP contribution in [-0.2, 0) is 39.0 Å². The molecular weight excluding hydrogens is 654 g/mol. The summed E-state index contributed by atoms with van der Waals surface area (Å²) in [6, 6.07) is 9.77. The van der Waals surface area contributed by atoms with E-state index >= 15 is 0 Å². The highest BCUT2D eigenvalue weighted by molar-refractivity contribution is 7.93. The molecule has 0 aliphatic heterocycles. The van der Waals surface area contributed by atoms with E-state index < -0.39 is 68.5 Å². The van der Waals surface area contributed by atoms with E-state index in [4.69, 9.17) is 5.73 Å². The summed E-state index contributed by atoms with van der Waals surface area (Å²) in [6.45, 7) is 7.72. The Balaban J connectivity index is 2.18. The third-order valence-corrected chi connectivity index (χ3v) is 10.3. The first-order valence-corrected chi connectivity index (χ1v) is 18.2. The molecule has 0 spiro atoms. The first-order chi connectivity index (χ1) is 23.2. The summed E-state index contributed by atoms with van der Waals surface area (Å²) < 4.78 is 58.6. The summed E-state index contributed by atoms with van der Waals surface area (Å²) in [4.78, 5) is 28.9. The molecule has 1 unspecified atom stereocenters. The standard InChI is InChI=1S/C36H50F2N4O6S/c1-5-11-42(12-6-2)34(45)28-17-31(49(47,48)41-24(4)23-43)20-36(19-28,35(39)46)32(16-27-14-29(37)18-30(38)15-27)33(44)22-40-21-26-10-8-9-25(7-3)13-26/h8-10,13-15,17-18,20,24,32-33,40-41,43-44H,5-7,11-12,16,19,21-23H2,1-4H3,(H2,39,46)/t24-,32+,33-,36?/m0/s1. The third-order valence-electron chi connectivity index (χ3n) is 8.73. The Labute approximate surface area is 288 Å². The van der Waals surface area contributed by atoms with Gasteiger partial charge >= 0.3 is 0 Å². The maximum atomic E-state index is 14.4. The lowest BCUT2D eigenvalue weighted by Gasteiger charge is -2.42. The molecule has 6 N–H and O–H groups in total. The number of benzene rings is 2. The van der Waals surface area contributed by atoms with Crippen LogP contribution in [0.5, 0.6) is 0 Å². The quantitative estimate of drug-likeness (QED) is 0.150. The van der Waals surface area contributed by atoms with Crippen LogP contribution in [0.1, 0.15) is 63.6 Å². The molecule has 270 valence electrons. The number of amides is 2. The van der Waals surface area contributed by atoms with E-state index in [-0.39, 0.29) is 30.5 Å². The first kappa shape index (κ1) is 39.9. The molecule has 0 saturated heterocycles. The lowest BCUT2D eigenvalue weighted by Crippen LogP contribution is -2.52. The number of aliphatic hydroxyl groups excluding tert-OH is 2. The van der Waals surface area contributed by atoms with E-state index in [0.29, 0.717) is 38.5 Å². The van der Waals surface area contributed by atoms with Crippen molar-refractivity contribution in [3.63, 3.8) is 0 Å². The molecule has 0 aromatic heterocycles. The van der Waals surface area contributed by atoms with Gasteiger partial charge in [0.2, 0.25) is 21.8 Å². The monoisotopic (exact) mass is 704 g/mol. The summed E-state index contributed by atoms with van der Waals surface area (Å²) in [7, 11) is -4.44. The van der Waals surface area contributed by atoms with Crippen molar-refractivity contribution in [1.29, 1.82) is 0 Å². The van der Waals surface area contributed by atoms with Crippen LogP contribution < -0.4 is 15.8 Å². The van der Waals surface area contributed by atoms with Crippen LogP contribution in [0, 0.1) is 23.0 Å². The van der Waals surface area contributed by atoms with Crippen molar-refractivity contribution in [2.75, 3.05) is 26.2 Å². The van der Waals surface area contributed by atoms with Gasteiger partial charge < -0.3 is 26.2 Å². The lowest BCUT2D eigenvalue weighted by molar-refractivity contribution is -0.132. The number of hydrogen-bond donors (Lipinski definition) is 5. The molecule has 2 aromatic carbocycles. The Kier molecular flexibility index (Phi) is 14.6. The molecule has 1 aliphatic rings. The Morgan fingerprint density at radius 2 is 1.65 bits per heavy atom. The van der Waals surface area contributed by atoms with E-state index in [1.165, 1.54) is 13.0 Å². The molecule has 1 aliphatic carbocycles. The zero-order chi connectivity index (χ0) is 36.4. The second-order valence-electron chi connectivity index (χ2n) is 12.8. The Hall–Kier alpha value is -3.49. The molecule has 0 bridgehead atoms. The minimum absolute atomic E-state index is 0.0211. The minimum Gasteiger partial charge on any atom is -0.395 e. The number of hydrogen-bond acceptors (Lipinski definition) is 7. The van der Waals surface area contributed by atoms with Gasteiger partial charge in [0, 0.05) is 49.8 Å². The van der Waals surface area contributed by atoms with Crippen LogP contribution >= 0.6 is 0 Å². The molecule has 2 amide bonds. The Morgan fingerprint density at radius 1 is 1.02 bits per heavy atom. The topological polar surface area (TPSA) is 162 Å². The molecule has 0 heterocycles. The number of sulfonamides is 1. The van der Waals surface area contributed by atoms with Gasteiger partial charge in [0.25, 0.3) is 0 Å². The predicted molar refractivity (Wildman–Crippen MR) is 185 cm³/mol. The average molecular weight is 705 g/mol. The van der Waals surface area contributed by atoms with Crippen LogP contribution in [0.2, 0.25) is 0 Å². The molecule has 0 saturated carbocycles. The zero-order valence-electron chi connectivity index (χ0n) is 28.7. The van der Waals surface area contributed by atoms with Gasteiger partial charge in [-0.2, -0.15) is 0 Å². The van der Waals surface area contributed by atoms with Gasteiger partial charge in [-0.25, -0.2) is 21.9 Å².